The lowest BCUT2D eigenvalue weighted by Crippen LogP contribution is -2.41. The highest BCUT2D eigenvalue weighted by Gasteiger charge is 2.38. The molecule has 21 heavy (non-hydrogen) atoms. The second-order valence-electron chi connectivity index (χ2n) is 4.60. The monoisotopic (exact) mass is 326 g/mol. The van der Waals surface area contributed by atoms with Crippen LogP contribution in [0.15, 0.2) is 17.0 Å². The number of aliphatic hydroxyl groups excluding tert-OH is 1. The van der Waals surface area contributed by atoms with Crippen LogP contribution in [0.2, 0.25) is 0 Å². The van der Waals surface area contributed by atoms with Crippen molar-refractivity contribution in [3.05, 3.63) is 23.3 Å². The molecule has 0 saturated carbocycles. The predicted molar refractivity (Wildman–Crippen MR) is 72.2 cm³/mol. The topological polar surface area (TPSA) is 83.6 Å². The van der Waals surface area contributed by atoms with Crippen molar-refractivity contribution < 1.29 is 26.7 Å². The minimum atomic E-state index is -4.71. The molecular weight excluding hydrogens is 309 g/mol. The first-order valence-electron chi connectivity index (χ1n) is 6.04. The van der Waals surface area contributed by atoms with Crippen LogP contribution in [-0.4, -0.2) is 43.7 Å². The lowest BCUT2D eigenvalue weighted by molar-refractivity contribution is -0.136. The quantitative estimate of drug-likeness (QED) is 0.802. The summed E-state index contributed by atoms with van der Waals surface area (Å²) in [5.41, 5.74) is 6.39. The minimum Gasteiger partial charge on any atom is -0.398 e. The molecule has 0 saturated heterocycles. The van der Waals surface area contributed by atoms with Gasteiger partial charge in [-0.3, -0.25) is 0 Å². The molecule has 0 fully saturated rings. The Kier molecular flexibility index (Phi) is 5.24. The number of nitrogens with zero attached hydrogens (tertiary/aromatic N) is 1. The van der Waals surface area contributed by atoms with Crippen LogP contribution in [0.25, 0.3) is 0 Å². The lowest BCUT2D eigenvalue weighted by atomic mass is 10.1. The number of rotatable bonds is 5. The number of aliphatic hydroxyl groups is 1. The third kappa shape index (κ3) is 4.08. The minimum absolute atomic E-state index is 0.122. The number of nitrogen functional groups attached to an aromatic ring is 1. The zero-order valence-electron chi connectivity index (χ0n) is 11.6. The standard InChI is InChI=1S/C12H17F3N2O3S/c1-8-3-4-10(16)11(9(8)2)21(19,20)17(5-6-18)7-12(13,14)15/h3-4,18H,5-7,16H2,1-2H3. The van der Waals surface area contributed by atoms with E-state index in [1.54, 1.807) is 13.0 Å². The van der Waals surface area contributed by atoms with Gasteiger partial charge in [-0.05, 0) is 31.0 Å². The van der Waals surface area contributed by atoms with E-state index in [0.717, 1.165) is 0 Å². The van der Waals surface area contributed by atoms with Gasteiger partial charge >= 0.3 is 6.18 Å². The number of alkyl halides is 3. The fourth-order valence-corrected chi connectivity index (χ4v) is 3.69. The van der Waals surface area contributed by atoms with E-state index in [2.05, 4.69) is 0 Å². The molecular formula is C12H17F3N2O3S. The Labute approximate surface area is 121 Å². The molecule has 0 aliphatic rings. The summed E-state index contributed by atoms with van der Waals surface area (Å²) in [5, 5.41) is 8.83. The van der Waals surface area contributed by atoms with Crippen molar-refractivity contribution in [2.45, 2.75) is 24.9 Å². The van der Waals surface area contributed by atoms with Crippen LogP contribution < -0.4 is 5.73 Å². The number of benzene rings is 1. The highest BCUT2D eigenvalue weighted by molar-refractivity contribution is 7.89. The molecule has 0 atom stereocenters. The van der Waals surface area contributed by atoms with Crippen LogP contribution in [0.3, 0.4) is 0 Å². The number of hydrogen-bond acceptors (Lipinski definition) is 4. The third-order valence-corrected chi connectivity index (χ3v) is 5.06. The number of nitrogens with two attached hydrogens (primary N) is 1. The fourth-order valence-electron chi connectivity index (χ4n) is 1.88. The van der Waals surface area contributed by atoms with Crippen molar-refractivity contribution in [2.75, 3.05) is 25.4 Å². The Morgan fingerprint density at radius 1 is 1.29 bits per heavy atom. The first-order chi connectivity index (χ1) is 9.50. The van der Waals surface area contributed by atoms with E-state index in [-0.39, 0.29) is 14.9 Å². The van der Waals surface area contributed by atoms with Gasteiger partial charge in [0.2, 0.25) is 10.0 Å². The number of aryl methyl sites for hydroxylation is 1. The molecule has 0 bridgehead atoms. The highest BCUT2D eigenvalue weighted by Crippen LogP contribution is 2.30. The average Bonchev–Trinajstić information content (AvgIpc) is 2.32. The summed E-state index contributed by atoms with van der Waals surface area (Å²) in [6, 6.07) is 2.92. The van der Waals surface area contributed by atoms with E-state index in [4.69, 9.17) is 10.8 Å². The van der Waals surface area contributed by atoms with Crippen molar-refractivity contribution in [1.29, 1.82) is 0 Å². The van der Waals surface area contributed by atoms with Crippen LogP contribution in [0, 0.1) is 13.8 Å². The van der Waals surface area contributed by atoms with E-state index in [1.165, 1.54) is 13.0 Å². The Morgan fingerprint density at radius 3 is 2.33 bits per heavy atom. The van der Waals surface area contributed by atoms with Gasteiger partial charge in [0.05, 0.1) is 12.3 Å². The fraction of sp³-hybridized carbons (Fsp3) is 0.500. The Morgan fingerprint density at radius 2 is 1.86 bits per heavy atom. The van der Waals surface area contributed by atoms with Crippen molar-refractivity contribution in [2.24, 2.45) is 0 Å². The summed E-state index contributed by atoms with van der Waals surface area (Å²) in [6.07, 6.45) is -4.71. The third-order valence-electron chi connectivity index (χ3n) is 3.01. The van der Waals surface area contributed by atoms with Gasteiger partial charge in [0.25, 0.3) is 0 Å². The second-order valence-corrected chi connectivity index (χ2v) is 6.48. The summed E-state index contributed by atoms with van der Waals surface area (Å²) in [7, 11) is -4.45. The van der Waals surface area contributed by atoms with Gasteiger partial charge in [-0.15, -0.1) is 0 Å². The van der Waals surface area contributed by atoms with Crippen LogP contribution in [0.4, 0.5) is 18.9 Å². The SMILES string of the molecule is Cc1ccc(N)c(S(=O)(=O)N(CCO)CC(F)(F)F)c1C. The summed E-state index contributed by atoms with van der Waals surface area (Å²) < 4.78 is 62.7. The van der Waals surface area contributed by atoms with Gasteiger partial charge in [-0.25, -0.2) is 8.42 Å². The van der Waals surface area contributed by atoms with E-state index >= 15 is 0 Å². The largest absolute Gasteiger partial charge is 0.402 e. The maximum Gasteiger partial charge on any atom is 0.402 e. The number of anilines is 1. The van der Waals surface area contributed by atoms with Crippen molar-refractivity contribution >= 4 is 15.7 Å². The van der Waals surface area contributed by atoms with E-state index < -0.39 is 35.9 Å². The van der Waals surface area contributed by atoms with Gasteiger partial charge < -0.3 is 10.8 Å². The van der Waals surface area contributed by atoms with Crippen molar-refractivity contribution in [3.8, 4) is 0 Å². The van der Waals surface area contributed by atoms with Crippen molar-refractivity contribution in [3.63, 3.8) is 0 Å². The Balaban J connectivity index is 3.40. The molecule has 0 spiro atoms. The zero-order chi connectivity index (χ0) is 16.4. The van der Waals surface area contributed by atoms with E-state index in [9.17, 15) is 21.6 Å². The molecule has 1 rings (SSSR count). The molecule has 3 N–H and O–H groups in total. The van der Waals surface area contributed by atoms with Crippen LogP contribution in [-0.2, 0) is 10.0 Å². The Hall–Kier alpha value is -1.32. The van der Waals surface area contributed by atoms with Gasteiger partial charge in [0.1, 0.15) is 11.4 Å². The van der Waals surface area contributed by atoms with E-state index in [1.807, 2.05) is 0 Å². The second kappa shape index (κ2) is 6.20. The zero-order valence-corrected chi connectivity index (χ0v) is 12.4. The normalized spacial score (nSPS) is 12.9. The maximum atomic E-state index is 12.5. The molecule has 0 aliphatic heterocycles. The highest BCUT2D eigenvalue weighted by atomic mass is 32.2. The molecule has 1 aromatic carbocycles. The maximum absolute atomic E-state index is 12.5. The summed E-state index contributed by atoms with van der Waals surface area (Å²) in [5.74, 6) is 0. The molecule has 0 aromatic heterocycles. The number of hydrogen-bond donors (Lipinski definition) is 2. The molecule has 0 heterocycles. The molecule has 0 aliphatic carbocycles. The molecule has 0 unspecified atom stereocenters. The van der Waals surface area contributed by atoms with Crippen molar-refractivity contribution in [1.82, 2.24) is 4.31 Å². The average molecular weight is 326 g/mol. The Bertz CT molecular complexity index is 615. The predicted octanol–water partition coefficient (Wildman–Crippen LogP) is 1.43. The number of halogens is 3. The van der Waals surface area contributed by atoms with Gasteiger partial charge in [-0.2, -0.15) is 17.5 Å². The number of sulfonamides is 1. The van der Waals surface area contributed by atoms with Crippen LogP contribution >= 0.6 is 0 Å². The molecule has 0 radical (unpaired) electrons. The summed E-state index contributed by atoms with van der Waals surface area (Å²) in [4.78, 5) is -0.347. The van der Waals surface area contributed by atoms with Crippen LogP contribution in [0.1, 0.15) is 11.1 Å². The van der Waals surface area contributed by atoms with E-state index in [0.29, 0.717) is 11.1 Å². The van der Waals surface area contributed by atoms with Gasteiger partial charge in [0, 0.05) is 6.54 Å². The first-order valence-corrected chi connectivity index (χ1v) is 7.48. The summed E-state index contributed by atoms with van der Waals surface area (Å²) >= 11 is 0. The smallest absolute Gasteiger partial charge is 0.398 e. The van der Waals surface area contributed by atoms with Gasteiger partial charge in [0.15, 0.2) is 0 Å². The summed E-state index contributed by atoms with van der Waals surface area (Å²) in [6.45, 7) is 0.0503. The first kappa shape index (κ1) is 17.7. The molecule has 0 amide bonds. The van der Waals surface area contributed by atoms with Crippen LogP contribution in [0.5, 0.6) is 0 Å². The molecule has 1 aromatic rings. The lowest BCUT2D eigenvalue weighted by Gasteiger charge is -2.24. The molecule has 120 valence electrons. The molecule has 9 heteroatoms. The molecule has 5 nitrogen and oxygen atoms in total. The van der Waals surface area contributed by atoms with Gasteiger partial charge in [-0.1, -0.05) is 6.07 Å².